The molecule has 0 bridgehead atoms. The number of rotatable bonds is 50. The number of ether oxygens (including phenoxy) is 3. The molecule has 0 aliphatic heterocycles. The zero-order valence-corrected chi connectivity index (χ0v) is 44.3. The molecule has 1 unspecified atom stereocenters. The third-order valence-corrected chi connectivity index (χ3v) is 11.5. The maximum Gasteiger partial charge on any atom is 0.306 e. The summed E-state index contributed by atoms with van der Waals surface area (Å²) in [5.74, 6) is -0.524. The Morgan fingerprint density at radius 2 is 0.676 bits per heavy atom. The summed E-state index contributed by atoms with van der Waals surface area (Å²) in [5, 5.41) is 0. The normalized spacial score (nSPS) is 13.2. The highest BCUT2D eigenvalue weighted by atomic mass is 16.6. The van der Waals surface area contributed by atoms with Crippen molar-refractivity contribution in [2.75, 3.05) is 19.8 Å². The van der Waals surface area contributed by atoms with Crippen LogP contribution in [-0.2, 0) is 23.8 Å². The number of carbonyl (C=O) groups excluding carboxylic acids is 2. The lowest BCUT2D eigenvalue weighted by molar-refractivity contribution is -0.162. The van der Waals surface area contributed by atoms with E-state index < -0.39 is 6.10 Å². The number of unbranched alkanes of at least 4 members (excludes halogenated alkanes) is 19. The van der Waals surface area contributed by atoms with Crippen LogP contribution in [0.15, 0.2) is 122 Å². The Kier molecular flexibility index (Phi) is 54.5. The Labute approximate surface area is 420 Å². The van der Waals surface area contributed by atoms with E-state index in [0.717, 1.165) is 96.3 Å². The molecule has 0 N–H and O–H groups in total. The monoisotopic (exact) mass is 941 g/mol. The van der Waals surface area contributed by atoms with Gasteiger partial charge in [0.2, 0.25) is 0 Å². The molecule has 0 fully saturated rings. The van der Waals surface area contributed by atoms with Crippen molar-refractivity contribution in [3.05, 3.63) is 122 Å². The predicted octanol–water partition coefficient (Wildman–Crippen LogP) is 19.3. The molecule has 0 heterocycles. The van der Waals surface area contributed by atoms with E-state index in [2.05, 4.69) is 136 Å². The molecule has 0 aromatic rings. The quantitative estimate of drug-likeness (QED) is 0.0345. The minimum Gasteiger partial charge on any atom is -0.462 e. The fourth-order valence-electron chi connectivity index (χ4n) is 7.42. The molecule has 0 spiro atoms. The summed E-state index contributed by atoms with van der Waals surface area (Å²) < 4.78 is 17.3. The van der Waals surface area contributed by atoms with Crippen molar-refractivity contribution in [1.82, 2.24) is 0 Å². The van der Waals surface area contributed by atoms with Gasteiger partial charge in [-0.2, -0.15) is 0 Å². The molecule has 0 aliphatic carbocycles. The average molecular weight is 942 g/mol. The third kappa shape index (κ3) is 54.9. The van der Waals surface area contributed by atoms with Crippen LogP contribution in [0.1, 0.15) is 239 Å². The van der Waals surface area contributed by atoms with E-state index in [4.69, 9.17) is 14.2 Å². The zero-order valence-electron chi connectivity index (χ0n) is 44.3. The van der Waals surface area contributed by atoms with Crippen LogP contribution in [0.2, 0.25) is 0 Å². The number of allylic oxidation sites excluding steroid dienone is 20. The molecule has 0 rings (SSSR count). The Bertz CT molecular complexity index is 1390. The SMILES string of the molecule is CC/C=C\C/C=C\C/C=C\C/C=C\C/C=C\C/C=C\CCCOCC(COC(=O)CCCCCCCCCCCCCCCCCCCCC)OC(=O)CC/C=C\C/C=C\C/C=C\C/C=C\CC. The second kappa shape index (κ2) is 57.6. The van der Waals surface area contributed by atoms with Crippen LogP contribution in [0.3, 0.4) is 0 Å². The first-order chi connectivity index (χ1) is 33.6. The smallest absolute Gasteiger partial charge is 0.306 e. The molecule has 386 valence electrons. The van der Waals surface area contributed by atoms with Gasteiger partial charge in [0.25, 0.3) is 0 Å². The van der Waals surface area contributed by atoms with Gasteiger partial charge in [-0.3, -0.25) is 9.59 Å². The van der Waals surface area contributed by atoms with Gasteiger partial charge in [-0.05, 0) is 89.9 Å². The summed E-state index contributed by atoms with van der Waals surface area (Å²) in [4.78, 5) is 25.4. The maximum absolute atomic E-state index is 12.8. The highest BCUT2D eigenvalue weighted by Gasteiger charge is 2.17. The van der Waals surface area contributed by atoms with Gasteiger partial charge >= 0.3 is 11.9 Å². The summed E-state index contributed by atoms with van der Waals surface area (Å²) in [6.07, 6.45) is 81.1. The van der Waals surface area contributed by atoms with Crippen molar-refractivity contribution in [3.8, 4) is 0 Å². The molecule has 0 saturated carbocycles. The first-order valence-electron chi connectivity index (χ1n) is 28.1. The molecule has 0 saturated heterocycles. The zero-order chi connectivity index (χ0) is 49.2. The summed E-state index contributed by atoms with van der Waals surface area (Å²) in [6.45, 7) is 7.38. The average Bonchev–Trinajstić information content (AvgIpc) is 3.34. The van der Waals surface area contributed by atoms with E-state index >= 15 is 0 Å². The summed E-state index contributed by atoms with van der Waals surface area (Å²) >= 11 is 0. The molecular formula is C63H104O5. The predicted molar refractivity (Wildman–Crippen MR) is 297 cm³/mol. The Morgan fingerprint density at radius 1 is 0.338 bits per heavy atom. The minimum absolute atomic E-state index is 0.0286. The fraction of sp³-hybridized carbons (Fsp3) is 0.651. The van der Waals surface area contributed by atoms with Crippen LogP contribution in [0.4, 0.5) is 0 Å². The van der Waals surface area contributed by atoms with E-state index in [1.54, 1.807) is 0 Å². The van der Waals surface area contributed by atoms with E-state index in [1.165, 1.54) is 103 Å². The third-order valence-electron chi connectivity index (χ3n) is 11.5. The molecular weight excluding hydrogens is 837 g/mol. The minimum atomic E-state index is -0.611. The van der Waals surface area contributed by atoms with Crippen molar-refractivity contribution in [3.63, 3.8) is 0 Å². The van der Waals surface area contributed by atoms with Gasteiger partial charge in [-0.25, -0.2) is 0 Å². The number of carbonyl (C=O) groups is 2. The lowest BCUT2D eigenvalue weighted by atomic mass is 10.0. The molecule has 0 amide bonds. The largest absolute Gasteiger partial charge is 0.462 e. The van der Waals surface area contributed by atoms with Crippen LogP contribution < -0.4 is 0 Å². The van der Waals surface area contributed by atoms with Crippen LogP contribution >= 0.6 is 0 Å². The second-order valence-corrected chi connectivity index (χ2v) is 18.1. The van der Waals surface area contributed by atoms with Crippen molar-refractivity contribution >= 4 is 11.9 Å². The van der Waals surface area contributed by atoms with E-state index in [-0.39, 0.29) is 31.6 Å². The summed E-state index contributed by atoms with van der Waals surface area (Å²) in [7, 11) is 0. The molecule has 0 aliphatic rings. The number of esters is 2. The summed E-state index contributed by atoms with van der Waals surface area (Å²) in [5.41, 5.74) is 0. The summed E-state index contributed by atoms with van der Waals surface area (Å²) in [6, 6.07) is 0. The van der Waals surface area contributed by atoms with Crippen LogP contribution in [0.25, 0.3) is 0 Å². The van der Waals surface area contributed by atoms with Gasteiger partial charge in [-0.1, -0.05) is 258 Å². The van der Waals surface area contributed by atoms with Crippen molar-refractivity contribution in [1.29, 1.82) is 0 Å². The lowest BCUT2D eigenvalue weighted by Crippen LogP contribution is -2.30. The highest BCUT2D eigenvalue weighted by Crippen LogP contribution is 2.15. The second-order valence-electron chi connectivity index (χ2n) is 18.1. The van der Waals surface area contributed by atoms with Crippen molar-refractivity contribution < 1.29 is 23.8 Å². The molecule has 0 aromatic heterocycles. The van der Waals surface area contributed by atoms with Gasteiger partial charge in [0.15, 0.2) is 6.10 Å². The van der Waals surface area contributed by atoms with Crippen LogP contribution in [0, 0.1) is 0 Å². The van der Waals surface area contributed by atoms with Crippen LogP contribution in [0.5, 0.6) is 0 Å². The topological polar surface area (TPSA) is 61.8 Å². The van der Waals surface area contributed by atoms with Gasteiger partial charge in [-0.15, -0.1) is 0 Å². The molecule has 68 heavy (non-hydrogen) atoms. The van der Waals surface area contributed by atoms with Crippen molar-refractivity contribution in [2.45, 2.75) is 245 Å². The molecule has 5 nitrogen and oxygen atoms in total. The van der Waals surface area contributed by atoms with Crippen LogP contribution in [-0.4, -0.2) is 37.9 Å². The van der Waals surface area contributed by atoms with Gasteiger partial charge in [0, 0.05) is 19.4 Å². The first kappa shape index (κ1) is 64.3. The first-order valence-corrected chi connectivity index (χ1v) is 28.1. The van der Waals surface area contributed by atoms with Crippen molar-refractivity contribution in [2.24, 2.45) is 0 Å². The van der Waals surface area contributed by atoms with Gasteiger partial charge in [0.05, 0.1) is 6.61 Å². The molecule has 0 aromatic carbocycles. The highest BCUT2D eigenvalue weighted by molar-refractivity contribution is 5.70. The van der Waals surface area contributed by atoms with Gasteiger partial charge in [0.1, 0.15) is 6.61 Å². The Hall–Kier alpha value is -3.70. The Morgan fingerprint density at radius 3 is 1.06 bits per heavy atom. The fourth-order valence-corrected chi connectivity index (χ4v) is 7.42. The lowest BCUT2D eigenvalue weighted by Gasteiger charge is -2.18. The van der Waals surface area contributed by atoms with Gasteiger partial charge < -0.3 is 14.2 Å². The molecule has 5 heteroatoms. The standard InChI is InChI=1S/C63H104O5/c1-4-7-10-13-16-19-22-25-27-29-31-33-35-37-40-43-46-49-52-55-58-66-59-61(68-63(65)57-54-51-48-45-42-38-24-21-18-15-12-9-6-3)60-67-62(64)56-53-50-47-44-41-39-36-34-32-30-28-26-23-20-17-14-11-8-5-2/h7,9-10,12,16,18-19,21,25,27,31,33,37-38,40,42,46,48-49,51,61H,4-6,8,11,13-15,17,20,22-24,26,28-30,32,34-36,39,41,43-45,47,50,52-60H2,1-3H3/b10-7-,12-9-,19-16-,21-18-,27-25-,33-31-,40-37-,42-38-,49-46-,51-48-. The van der Waals surface area contributed by atoms with E-state index in [9.17, 15) is 9.59 Å². The molecule has 0 radical (unpaired) electrons. The number of hydrogen-bond acceptors (Lipinski definition) is 5. The van der Waals surface area contributed by atoms with E-state index in [1.807, 2.05) is 6.08 Å². The Balaban J connectivity index is 4.41. The number of hydrogen-bond donors (Lipinski definition) is 0. The molecule has 1 atom stereocenters. The van der Waals surface area contributed by atoms with E-state index in [0.29, 0.717) is 19.4 Å². The maximum atomic E-state index is 12.8.